The zero-order valence-electron chi connectivity index (χ0n) is 13.5. The van der Waals surface area contributed by atoms with E-state index in [9.17, 15) is 20.1 Å². The maximum absolute atomic E-state index is 10.8. The van der Waals surface area contributed by atoms with Crippen molar-refractivity contribution in [2.24, 2.45) is 0 Å². The molecule has 9 nitrogen and oxygen atoms in total. The molecular formula is C15H18Cl2O9. The number of aliphatic hydroxyl groups is 4. The van der Waals surface area contributed by atoms with Crippen LogP contribution in [0.25, 0.3) is 0 Å². The van der Waals surface area contributed by atoms with Gasteiger partial charge in [0.15, 0.2) is 6.10 Å². The number of hydrogen-bond donors (Lipinski definition) is 5. The first kappa shape index (κ1) is 21.0. The first-order chi connectivity index (χ1) is 12.1. The molecule has 2 rings (SSSR count). The van der Waals surface area contributed by atoms with Crippen molar-refractivity contribution in [3.63, 3.8) is 0 Å². The first-order valence-corrected chi connectivity index (χ1v) is 8.27. The monoisotopic (exact) mass is 412 g/mol. The Kier molecular flexibility index (Phi) is 6.92. The number of rotatable bonds is 6. The molecule has 146 valence electrons. The average Bonchev–Trinajstić information content (AvgIpc) is 2.59. The van der Waals surface area contributed by atoms with Crippen LogP contribution in [0.1, 0.15) is 6.92 Å². The van der Waals surface area contributed by atoms with E-state index in [4.69, 9.17) is 47.6 Å². The Balaban J connectivity index is 2.19. The second-order valence-electron chi connectivity index (χ2n) is 5.63. The molecule has 1 heterocycles. The minimum atomic E-state index is -1.62. The Labute approximate surface area is 158 Å². The summed E-state index contributed by atoms with van der Waals surface area (Å²) in [6.07, 6.45) is -8.51. The lowest BCUT2D eigenvalue weighted by Gasteiger charge is -2.39. The molecule has 1 fully saturated rings. The van der Waals surface area contributed by atoms with Gasteiger partial charge in [-0.2, -0.15) is 0 Å². The van der Waals surface area contributed by atoms with Crippen molar-refractivity contribution in [2.75, 3.05) is 6.61 Å². The molecule has 1 aliphatic heterocycles. The van der Waals surface area contributed by atoms with Crippen LogP contribution in [0.2, 0.25) is 10.0 Å². The van der Waals surface area contributed by atoms with E-state index in [0.29, 0.717) is 0 Å². The van der Waals surface area contributed by atoms with Gasteiger partial charge < -0.3 is 39.7 Å². The lowest BCUT2D eigenvalue weighted by atomic mass is 9.99. The molecule has 0 saturated carbocycles. The third-order valence-corrected chi connectivity index (χ3v) is 4.32. The normalized spacial score (nSPS) is 29.9. The van der Waals surface area contributed by atoms with Gasteiger partial charge in [-0.15, -0.1) is 0 Å². The van der Waals surface area contributed by atoms with Crippen LogP contribution >= 0.6 is 23.2 Å². The number of ether oxygens (including phenoxy) is 3. The van der Waals surface area contributed by atoms with Gasteiger partial charge >= 0.3 is 5.97 Å². The standard InChI is InChI=1S/C15H18Cl2O9/c1-5(14(22)23)24-8-2-7(17)9(3-6(8)16)25-15-13(21)12(20)11(19)10(4-18)26-15/h2-3,5,10-13,15,18-21H,4H2,1H3,(H,22,23)/t5-,10-,11-,12+,13-,15-/m1/s1. The zero-order chi connectivity index (χ0) is 19.6. The molecule has 1 saturated heterocycles. The van der Waals surface area contributed by atoms with E-state index in [1.807, 2.05) is 0 Å². The number of benzene rings is 1. The summed E-state index contributed by atoms with van der Waals surface area (Å²) in [5.41, 5.74) is 0. The van der Waals surface area contributed by atoms with E-state index in [1.54, 1.807) is 0 Å². The molecule has 0 spiro atoms. The third kappa shape index (κ3) is 4.49. The van der Waals surface area contributed by atoms with Gasteiger partial charge in [-0.1, -0.05) is 23.2 Å². The molecule has 5 N–H and O–H groups in total. The van der Waals surface area contributed by atoms with E-state index in [0.717, 1.165) is 0 Å². The second kappa shape index (κ2) is 8.57. The van der Waals surface area contributed by atoms with E-state index in [-0.39, 0.29) is 21.5 Å². The molecule has 0 amide bonds. The van der Waals surface area contributed by atoms with Crippen LogP contribution < -0.4 is 9.47 Å². The van der Waals surface area contributed by atoms with Gasteiger partial charge in [-0.05, 0) is 6.92 Å². The Morgan fingerprint density at radius 3 is 2.31 bits per heavy atom. The summed E-state index contributed by atoms with van der Waals surface area (Å²) >= 11 is 12.1. The van der Waals surface area contributed by atoms with Crippen LogP contribution in [0, 0.1) is 0 Å². The van der Waals surface area contributed by atoms with Gasteiger partial charge in [0, 0.05) is 12.1 Å². The molecule has 0 aromatic heterocycles. The van der Waals surface area contributed by atoms with Crippen molar-refractivity contribution < 1.29 is 44.5 Å². The van der Waals surface area contributed by atoms with E-state index in [1.165, 1.54) is 19.1 Å². The summed E-state index contributed by atoms with van der Waals surface area (Å²) in [7, 11) is 0. The average molecular weight is 413 g/mol. The van der Waals surface area contributed by atoms with Crippen molar-refractivity contribution >= 4 is 29.2 Å². The van der Waals surface area contributed by atoms with Crippen molar-refractivity contribution in [3.05, 3.63) is 22.2 Å². The molecule has 0 bridgehead atoms. The number of aliphatic carboxylic acids is 1. The van der Waals surface area contributed by atoms with Gasteiger partial charge in [0.1, 0.15) is 35.9 Å². The summed E-state index contributed by atoms with van der Waals surface area (Å²) in [5.74, 6) is -1.23. The minimum absolute atomic E-state index is 0.00715. The highest BCUT2D eigenvalue weighted by Gasteiger charge is 2.44. The Hall–Kier alpha value is -1.33. The predicted molar refractivity (Wildman–Crippen MR) is 88.6 cm³/mol. The lowest BCUT2D eigenvalue weighted by molar-refractivity contribution is -0.277. The van der Waals surface area contributed by atoms with Gasteiger partial charge in [0.05, 0.1) is 16.7 Å². The van der Waals surface area contributed by atoms with Gasteiger partial charge in [0.2, 0.25) is 6.29 Å². The number of hydrogen-bond acceptors (Lipinski definition) is 8. The topological polar surface area (TPSA) is 146 Å². The van der Waals surface area contributed by atoms with E-state index >= 15 is 0 Å². The quantitative estimate of drug-likeness (QED) is 0.436. The SMILES string of the molecule is C[C@@H](Oc1cc(Cl)c(O[C@@H]2O[C@H](CO)[C@@H](O)[C@H](O)[C@H]2O)cc1Cl)C(=O)O. The molecule has 26 heavy (non-hydrogen) atoms. The zero-order valence-corrected chi connectivity index (χ0v) is 15.0. The highest BCUT2D eigenvalue weighted by Crippen LogP contribution is 2.37. The molecule has 6 atom stereocenters. The Bertz CT molecular complexity index is 654. The fourth-order valence-corrected chi connectivity index (χ4v) is 2.62. The Morgan fingerprint density at radius 2 is 1.73 bits per heavy atom. The van der Waals surface area contributed by atoms with Crippen LogP contribution in [-0.2, 0) is 9.53 Å². The fourth-order valence-electron chi connectivity index (χ4n) is 2.22. The van der Waals surface area contributed by atoms with Crippen molar-refractivity contribution in [3.8, 4) is 11.5 Å². The minimum Gasteiger partial charge on any atom is -0.479 e. The summed E-state index contributed by atoms with van der Waals surface area (Å²) in [5, 5.41) is 47.5. The lowest BCUT2D eigenvalue weighted by Crippen LogP contribution is -2.60. The number of carboxylic acids is 1. The maximum atomic E-state index is 10.8. The van der Waals surface area contributed by atoms with E-state index < -0.39 is 49.4 Å². The molecule has 11 heteroatoms. The van der Waals surface area contributed by atoms with Crippen LogP contribution in [-0.4, -0.2) is 74.9 Å². The summed E-state index contributed by atoms with van der Waals surface area (Å²) < 4.78 is 15.8. The van der Waals surface area contributed by atoms with Gasteiger partial charge in [-0.3, -0.25) is 0 Å². The molecule has 1 aliphatic rings. The summed E-state index contributed by atoms with van der Waals surface area (Å²) in [4.78, 5) is 10.8. The smallest absolute Gasteiger partial charge is 0.344 e. The van der Waals surface area contributed by atoms with Gasteiger partial charge in [0.25, 0.3) is 0 Å². The summed E-state index contributed by atoms with van der Waals surface area (Å²) in [6.45, 7) is 0.698. The van der Waals surface area contributed by atoms with Crippen molar-refractivity contribution in [1.82, 2.24) is 0 Å². The fraction of sp³-hybridized carbons (Fsp3) is 0.533. The molecule has 0 aliphatic carbocycles. The molecule has 1 aromatic rings. The van der Waals surface area contributed by atoms with Crippen molar-refractivity contribution in [1.29, 1.82) is 0 Å². The predicted octanol–water partition coefficient (Wildman–Crippen LogP) is 0.0240. The van der Waals surface area contributed by atoms with Crippen LogP contribution in [0.15, 0.2) is 12.1 Å². The molecule has 0 unspecified atom stereocenters. The largest absolute Gasteiger partial charge is 0.479 e. The van der Waals surface area contributed by atoms with Gasteiger partial charge in [-0.25, -0.2) is 4.79 Å². The van der Waals surface area contributed by atoms with Crippen LogP contribution in [0.3, 0.4) is 0 Å². The number of carbonyl (C=O) groups is 1. The molecule has 0 radical (unpaired) electrons. The highest BCUT2D eigenvalue weighted by molar-refractivity contribution is 6.35. The highest BCUT2D eigenvalue weighted by atomic mass is 35.5. The molecular weight excluding hydrogens is 395 g/mol. The summed E-state index contributed by atoms with van der Waals surface area (Å²) in [6, 6.07) is 2.44. The second-order valence-corrected chi connectivity index (χ2v) is 6.44. The van der Waals surface area contributed by atoms with Crippen LogP contribution in [0.5, 0.6) is 11.5 Å². The number of carboxylic acid groups (broad SMARTS) is 1. The van der Waals surface area contributed by atoms with E-state index in [2.05, 4.69) is 0 Å². The maximum Gasteiger partial charge on any atom is 0.344 e. The number of aliphatic hydroxyl groups excluding tert-OH is 4. The first-order valence-electron chi connectivity index (χ1n) is 7.51. The van der Waals surface area contributed by atoms with Crippen LogP contribution in [0.4, 0.5) is 0 Å². The number of halogens is 2. The Morgan fingerprint density at radius 1 is 1.15 bits per heavy atom. The molecule has 1 aromatic carbocycles. The third-order valence-electron chi connectivity index (χ3n) is 3.73. The van der Waals surface area contributed by atoms with Crippen molar-refractivity contribution in [2.45, 2.75) is 43.7 Å².